The summed E-state index contributed by atoms with van der Waals surface area (Å²) in [5, 5.41) is 0. The summed E-state index contributed by atoms with van der Waals surface area (Å²) in [5.41, 5.74) is 3.26. The van der Waals surface area contributed by atoms with E-state index in [1.54, 1.807) is 6.21 Å². The van der Waals surface area contributed by atoms with Crippen molar-refractivity contribution in [2.24, 2.45) is 4.76 Å². The molecule has 1 aliphatic rings. The van der Waals surface area contributed by atoms with Crippen molar-refractivity contribution in [3.8, 4) is 0 Å². The summed E-state index contributed by atoms with van der Waals surface area (Å²) < 4.78 is 19.0. The molecule has 1 aliphatic heterocycles. The molecule has 0 amide bonds. The summed E-state index contributed by atoms with van der Waals surface area (Å²) in [4.78, 5) is 0. The topological polar surface area (TPSA) is 29.4 Å². The quantitative estimate of drug-likeness (QED) is 0.378. The lowest BCUT2D eigenvalue weighted by atomic mass is 10.0. The van der Waals surface area contributed by atoms with Crippen LogP contribution in [0, 0.1) is 0 Å². The van der Waals surface area contributed by atoms with Crippen LogP contribution in [0.5, 0.6) is 0 Å². The first-order valence-electron chi connectivity index (χ1n) is 9.07. The molecule has 2 atom stereocenters. The van der Waals surface area contributed by atoms with Gasteiger partial charge in [-0.25, -0.2) is 4.76 Å². The first-order valence-corrected chi connectivity index (χ1v) is 10.9. The zero-order chi connectivity index (χ0) is 17.8. The molecular weight excluding hydrogens is 337 g/mol. The molecule has 0 saturated carbocycles. The van der Waals surface area contributed by atoms with Crippen LogP contribution >= 0.6 is 7.29 Å². The van der Waals surface area contributed by atoms with Gasteiger partial charge in [0.2, 0.25) is 7.29 Å². The molecule has 3 aromatic rings. The third-order valence-electron chi connectivity index (χ3n) is 5.16. The van der Waals surface area contributed by atoms with Crippen LogP contribution in [0.4, 0.5) is 0 Å². The molecule has 0 aliphatic carbocycles. The molecule has 0 bridgehead atoms. The first-order chi connectivity index (χ1) is 12.8. The number of rotatable bonds is 4. The highest BCUT2D eigenvalue weighted by Crippen LogP contribution is 2.77. The minimum Gasteiger partial charge on any atom is -0.297 e. The number of benzene rings is 3. The van der Waals surface area contributed by atoms with E-state index in [1.165, 1.54) is 0 Å². The Bertz CT molecular complexity index is 871. The van der Waals surface area contributed by atoms with Gasteiger partial charge in [-0.1, -0.05) is 91.0 Å². The van der Waals surface area contributed by atoms with Gasteiger partial charge in [0.1, 0.15) is 0 Å². The lowest BCUT2D eigenvalue weighted by Crippen LogP contribution is -1.98. The van der Waals surface area contributed by atoms with Crippen LogP contribution in [-0.2, 0) is 4.57 Å². The number of hydrogen-bond acceptors (Lipinski definition) is 1. The Hall–Kier alpha value is -2.44. The Morgan fingerprint density at radius 1 is 0.692 bits per heavy atom. The van der Waals surface area contributed by atoms with E-state index in [2.05, 4.69) is 24.3 Å². The fraction of sp³-hybridized carbons (Fsp3) is 0.174. The first kappa shape index (κ1) is 17.0. The summed E-state index contributed by atoms with van der Waals surface area (Å²) in [6, 6.07) is 30.4. The number of hydrogen-bond donors (Lipinski definition) is 0. The largest absolute Gasteiger partial charge is 0.297 e. The van der Waals surface area contributed by atoms with Gasteiger partial charge in [-0.3, -0.25) is 4.57 Å². The molecule has 2 nitrogen and oxygen atoms in total. The summed E-state index contributed by atoms with van der Waals surface area (Å²) in [6.45, 7) is 0. The maximum Gasteiger partial charge on any atom is 0.204 e. The fourth-order valence-corrected chi connectivity index (χ4v) is 7.18. The molecule has 4 rings (SSSR count). The molecule has 0 aromatic heterocycles. The van der Waals surface area contributed by atoms with Gasteiger partial charge in [0.25, 0.3) is 0 Å². The monoisotopic (exact) mass is 359 g/mol. The number of nitrogens with zero attached hydrogens (tertiary/aromatic N) is 1. The van der Waals surface area contributed by atoms with E-state index >= 15 is 0 Å². The van der Waals surface area contributed by atoms with Gasteiger partial charge in [-0.15, -0.1) is 0 Å². The third-order valence-corrected chi connectivity index (χ3v) is 8.54. The predicted octanol–water partition coefficient (Wildman–Crippen LogP) is 6.66. The zero-order valence-electron chi connectivity index (χ0n) is 14.6. The van der Waals surface area contributed by atoms with E-state index in [1.807, 2.05) is 66.7 Å². The second kappa shape index (κ2) is 7.43. The molecule has 3 heteroatoms. The average Bonchev–Trinajstić information content (AvgIpc) is 3.06. The summed E-state index contributed by atoms with van der Waals surface area (Å²) in [6.07, 6.45) is 3.62. The van der Waals surface area contributed by atoms with Crippen LogP contribution in [0.15, 0.2) is 95.8 Å². The van der Waals surface area contributed by atoms with E-state index in [4.69, 9.17) is 4.76 Å². The second-order valence-corrected chi connectivity index (χ2v) is 9.58. The van der Waals surface area contributed by atoms with Crippen molar-refractivity contribution in [2.75, 3.05) is 0 Å². The molecular formula is C23H22NOP. The fourth-order valence-electron chi connectivity index (χ4n) is 3.87. The molecule has 1 heterocycles. The van der Waals surface area contributed by atoms with E-state index in [0.717, 1.165) is 29.5 Å². The Morgan fingerprint density at radius 3 is 1.58 bits per heavy atom. The van der Waals surface area contributed by atoms with E-state index in [0.29, 0.717) is 0 Å². The van der Waals surface area contributed by atoms with E-state index in [-0.39, 0.29) is 11.3 Å². The Balaban J connectivity index is 1.76. The van der Waals surface area contributed by atoms with E-state index < -0.39 is 7.29 Å². The van der Waals surface area contributed by atoms with Crippen molar-refractivity contribution in [1.82, 2.24) is 0 Å². The molecule has 0 radical (unpaired) electrons. The Kier molecular flexibility index (Phi) is 4.86. The van der Waals surface area contributed by atoms with Gasteiger partial charge in [-0.05, 0) is 29.5 Å². The standard InChI is InChI=1S/C23H22NOP/c25-26(24-18-19-10-4-1-5-11-19)22(20-12-6-2-7-13-20)16-17-23(26)21-14-8-3-9-15-21/h1-15,18,22-23H,16-17H2/b24-18-/t22-,23-/m0/s1. The SMILES string of the molecule is O=P1(/N=C\c2ccccc2)[C@H](c2ccccc2)CC[C@H]1c1ccccc1. The molecule has 0 N–H and O–H groups in total. The molecule has 1 saturated heterocycles. The maximum atomic E-state index is 14.3. The van der Waals surface area contributed by atoms with Gasteiger partial charge in [0.05, 0.1) is 11.3 Å². The normalized spacial score (nSPS) is 21.8. The summed E-state index contributed by atoms with van der Waals surface area (Å²) in [5.74, 6) is 0. The molecule has 26 heavy (non-hydrogen) atoms. The zero-order valence-corrected chi connectivity index (χ0v) is 15.5. The van der Waals surface area contributed by atoms with Crippen LogP contribution in [0.2, 0.25) is 0 Å². The van der Waals surface area contributed by atoms with E-state index in [9.17, 15) is 4.57 Å². The molecule has 0 unspecified atom stereocenters. The summed E-state index contributed by atoms with van der Waals surface area (Å²) >= 11 is 0. The highest BCUT2D eigenvalue weighted by atomic mass is 31.2. The minimum absolute atomic E-state index is 0.00568. The van der Waals surface area contributed by atoms with Crippen molar-refractivity contribution >= 4 is 13.5 Å². The van der Waals surface area contributed by atoms with Crippen LogP contribution in [0.25, 0.3) is 0 Å². The summed E-state index contributed by atoms with van der Waals surface area (Å²) in [7, 11) is -2.83. The second-order valence-electron chi connectivity index (χ2n) is 6.76. The van der Waals surface area contributed by atoms with Gasteiger partial charge in [0, 0.05) is 6.21 Å². The highest BCUT2D eigenvalue weighted by molar-refractivity contribution is 7.63. The van der Waals surface area contributed by atoms with Crippen molar-refractivity contribution in [1.29, 1.82) is 0 Å². The smallest absolute Gasteiger partial charge is 0.204 e. The lowest BCUT2D eigenvalue weighted by Gasteiger charge is -2.23. The van der Waals surface area contributed by atoms with Crippen LogP contribution < -0.4 is 0 Å². The molecule has 0 spiro atoms. The molecule has 1 fully saturated rings. The van der Waals surface area contributed by atoms with Crippen LogP contribution in [0.1, 0.15) is 40.8 Å². The molecule has 130 valence electrons. The average molecular weight is 359 g/mol. The minimum atomic E-state index is -2.83. The van der Waals surface area contributed by atoms with Gasteiger partial charge in [0.15, 0.2) is 0 Å². The Morgan fingerprint density at radius 2 is 1.12 bits per heavy atom. The van der Waals surface area contributed by atoms with Gasteiger partial charge < -0.3 is 0 Å². The van der Waals surface area contributed by atoms with Crippen LogP contribution in [-0.4, -0.2) is 6.21 Å². The van der Waals surface area contributed by atoms with Crippen LogP contribution in [0.3, 0.4) is 0 Å². The predicted molar refractivity (Wildman–Crippen MR) is 109 cm³/mol. The molecule has 3 aromatic carbocycles. The highest BCUT2D eigenvalue weighted by Gasteiger charge is 2.47. The Labute approximate surface area is 155 Å². The van der Waals surface area contributed by atoms with Gasteiger partial charge >= 0.3 is 0 Å². The lowest BCUT2D eigenvalue weighted by molar-refractivity contribution is 0.568. The van der Waals surface area contributed by atoms with Crippen molar-refractivity contribution in [3.63, 3.8) is 0 Å². The van der Waals surface area contributed by atoms with Crippen molar-refractivity contribution in [3.05, 3.63) is 108 Å². The van der Waals surface area contributed by atoms with Gasteiger partial charge in [-0.2, -0.15) is 0 Å². The van der Waals surface area contributed by atoms with Crippen molar-refractivity contribution < 1.29 is 4.57 Å². The maximum absolute atomic E-state index is 14.3. The third kappa shape index (κ3) is 3.30. The van der Waals surface area contributed by atoms with Crippen molar-refractivity contribution in [2.45, 2.75) is 24.2 Å².